The monoisotopic (exact) mass is 444 g/mol. The van der Waals surface area contributed by atoms with Crippen molar-refractivity contribution in [2.75, 3.05) is 0 Å². The molecule has 1 aliphatic heterocycles. The van der Waals surface area contributed by atoms with Crippen LogP contribution in [0.5, 0.6) is 0 Å². The molecule has 0 N–H and O–H groups in total. The van der Waals surface area contributed by atoms with Gasteiger partial charge < -0.3 is 0 Å². The highest BCUT2D eigenvalue weighted by Gasteiger charge is 2.31. The summed E-state index contributed by atoms with van der Waals surface area (Å²) in [6.07, 6.45) is 3.35. The Hall–Kier alpha value is -1.77. The van der Waals surface area contributed by atoms with E-state index in [2.05, 4.69) is 23.6 Å². The Labute approximate surface area is 173 Å². The average Bonchev–Trinajstić information content (AvgIpc) is 3.43. The molecule has 0 saturated carbocycles. The molecule has 27 heavy (non-hydrogen) atoms. The lowest BCUT2D eigenvalue weighted by Gasteiger charge is -2.08. The highest BCUT2D eigenvalue weighted by molar-refractivity contribution is 8.03. The fourth-order valence-corrected chi connectivity index (χ4v) is 8.26. The van der Waals surface area contributed by atoms with E-state index in [-0.39, 0.29) is 0 Å². The molecule has 0 saturated heterocycles. The first-order valence-corrected chi connectivity index (χ1v) is 13.1. The largest absolute Gasteiger partial charge is 0.219 e. The summed E-state index contributed by atoms with van der Waals surface area (Å²) in [6, 6.07) is 12.3. The maximum absolute atomic E-state index is 12.8. The van der Waals surface area contributed by atoms with Gasteiger partial charge in [0.15, 0.2) is 9.84 Å². The Balaban J connectivity index is 1.90. The minimum atomic E-state index is -3.42. The van der Waals surface area contributed by atoms with Gasteiger partial charge in [-0.05, 0) is 46.5 Å². The summed E-state index contributed by atoms with van der Waals surface area (Å²) in [5, 5.41) is 7.42. The van der Waals surface area contributed by atoms with Crippen molar-refractivity contribution in [3.8, 4) is 29.9 Å². The van der Waals surface area contributed by atoms with Crippen molar-refractivity contribution in [1.29, 1.82) is 0 Å². The van der Waals surface area contributed by atoms with Gasteiger partial charge in [0.25, 0.3) is 0 Å². The fraction of sp³-hybridized carbons (Fsp3) is 0. The SMILES string of the molecule is O=S1(=O)C=CC=C1c1c(-c2cccs2)sc(-c2cccs2)c1-c1cccs1. The lowest BCUT2D eigenvalue weighted by atomic mass is 10.0. The Morgan fingerprint density at radius 2 is 1.26 bits per heavy atom. The maximum Gasteiger partial charge on any atom is 0.200 e. The van der Waals surface area contributed by atoms with E-state index in [1.165, 1.54) is 5.41 Å². The highest BCUT2D eigenvalue weighted by Crippen LogP contribution is 2.53. The molecule has 1 aliphatic rings. The van der Waals surface area contributed by atoms with Crippen molar-refractivity contribution >= 4 is 60.1 Å². The standard InChI is InChI=1S/C20H12O2S5/c21-27(22)12-4-8-16(27)18-17(13-5-1-9-23-13)19(14-6-2-10-24-14)26-20(18)15-7-3-11-25-15/h1-12H. The number of rotatable bonds is 4. The zero-order valence-electron chi connectivity index (χ0n) is 13.8. The summed E-state index contributed by atoms with van der Waals surface area (Å²) in [5.74, 6) is 0. The first-order chi connectivity index (χ1) is 13.1. The fourth-order valence-electron chi connectivity index (χ4n) is 3.11. The number of hydrogen-bond acceptors (Lipinski definition) is 6. The first kappa shape index (κ1) is 17.3. The number of hydrogen-bond donors (Lipinski definition) is 0. The quantitative estimate of drug-likeness (QED) is 0.333. The third-order valence-electron chi connectivity index (χ3n) is 4.22. The topological polar surface area (TPSA) is 34.1 Å². The maximum atomic E-state index is 12.8. The van der Waals surface area contributed by atoms with E-state index in [0.29, 0.717) is 4.91 Å². The second kappa shape index (κ2) is 6.68. The Bertz CT molecular complexity index is 1250. The van der Waals surface area contributed by atoms with Gasteiger partial charge in [-0.2, -0.15) is 0 Å². The van der Waals surface area contributed by atoms with Crippen LogP contribution in [0.15, 0.2) is 70.1 Å². The molecule has 4 aromatic heterocycles. The Morgan fingerprint density at radius 3 is 1.74 bits per heavy atom. The molecule has 5 rings (SSSR count). The van der Waals surface area contributed by atoms with Crippen molar-refractivity contribution in [1.82, 2.24) is 0 Å². The molecule has 2 nitrogen and oxygen atoms in total. The number of sulfone groups is 1. The molecule has 0 aliphatic carbocycles. The van der Waals surface area contributed by atoms with E-state index < -0.39 is 9.84 Å². The Kier molecular flexibility index (Phi) is 4.29. The molecule has 0 atom stereocenters. The molecular weight excluding hydrogens is 433 g/mol. The van der Waals surface area contributed by atoms with E-state index in [0.717, 1.165) is 35.5 Å². The van der Waals surface area contributed by atoms with Gasteiger partial charge in [-0.25, -0.2) is 8.42 Å². The molecule has 5 heterocycles. The normalized spacial score (nSPS) is 15.3. The molecule has 4 aromatic rings. The van der Waals surface area contributed by atoms with Crippen molar-refractivity contribution in [2.45, 2.75) is 0 Å². The van der Waals surface area contributed by atoms with Crippen LogP contribution in [0, 0.1) is 0 Å². The van der Waals surface area contributed by atoms with E-state index in [1.54, 1.807) is 57.5 Å². The number of allylic oxidation sites excluding steroid dienone is 2. The van der Waals surface area contributed by atoms with Gasteiger partial charge in [0.1, 0.15) is 0 Å². The molecular formula is C20H12O2S5. The smallest absolute Gasteiger partial charge is 0.200 e. The average molecular weight is 445 g/mol. The van der Waals surface area contributed by atoms with Gasteiger partial charge in [0.05, 0.1) is 14.7 Å². The van der Waals surface area contributed by atoms with Gasteiger partial charge in [-0.15, -0.1) is 45.3 Å². The van der Waals surface area contributed by atoms with Crippen molar-refractivity contribution in [2.24, 2.45) is 0 Å². The molecule has 0 radical (unpaired) electrons. The molecule has 7 heteroatoms. The van der Waals surface area contributed by atoms with E-state index >= 15 is 0 Å². The van der Waals surface area contributed by atoms with E-state index in [1.807, 2.05) is 29.0 Å². The van der Waals surface area contributed by atoms with Crippen LogP contribution >= 0.6 is 45.3 Å². The zero-order valence-corrected chi connectivity index (χ0v) is 17.9. The predicted octanol–water partition coefficient (Wildman–Crippen LogP) is 7.22. The summed E-state index contributed by atoms with van der Waals surface area (Å²) < 4.78 is 25.5. The molecule has 134 valence electrons. The van der Waals surface area contributed by atoms with Crippen LogP contribution in [0.4, 0.5) is 0 Å². The summed E-state index contributed by atoms with van der Waals surface area (Å²) in [5.41, 5.74) is 1.86. The lowest BCUT2D eigenvalue weighted by Crippen LogP contribution is -1.97. The summed E-state index contributed by atoms with van der Waals surface area (Å²) in [4.78, 5) is 5.91. The minimum absolute atomic E-state index is 0.397. The van der Waals surface area contributed by atoms with Gasteiger partial charge in [-0.3, -0.25) is 0 Å². The van der Waals surface area contributed by atoms with Gasteiger partial charge in [0.2, 0.25) is 0 Å². The van der Waals surface area contributed by atoms with Crippen molar-refractivity contribution in [3.05, 3.63) is 75.7 Å². The van der Waals surface area contributed by atoms with Crippen LogP contribution in [0.1, 0.15) is 5.56 Å². The van der Waals surface area contributed by atoms with Gasteiger partial charge in [-0.1, -0.05) is 18.2 Å². The zero-order chi connectivity index (χ0) is 18.4. The second-order valence-electron chi connectivity index (χ2n) is 5.85. The molecule has 0 amide bonds. The van der Waals surface area contributed by atoms with Crippen LogP contribution in [0.3, 0.4) is 0 Å². The van der Waals surface area contributed by atoms with Crippen LogP contribution in [-0.2, 0) is 9.84 Å². The van der Waals surface area contributed by atoms with Crippen LogP contribution in [-0.4, -0.2) is 8.42 Å². The summed E-state index contributed by atoms with van der Waals surface area (Å²) >= 11 is 6.65. The lowest BCUT2D eigenvalue weighted by molar-refractivity contribution is 0.614. The second-order valence-corrected chi connectivity index (χ2v) is 11.5. The molecule has 0 aromatic carbocycles. The number of thiophene rings is 4. The minimum Gasteiger partial charge on any atom is -0.219 e. The van der Waals surface area contributed by atoms with Crippen LogP contribution in [0.25, 0.3) is 34.9 Å². The summed E-state index contributed by atoms with van der Waals surface area (Å²) in [7, 11) is -3.42. The van der Waals surface area contributed by atoms with Crippen LogP contribution in [0.2, 0.25) is 0 Å². The predicted molar refractivity (Wildman–Crippen MR) is 120 cm³/mol. The van der Waals surface area contributed by atoms with Crippen molar-refractivity contribution in [3.63, 3.8) is 0 Å². The third-order valence-corrected chi connectivity index (χ3v) is 9.87. The van der Waals surface area contributed by atoms with Crippen LogP contribution < -0.4 is 0 Å². The van der Waals surface area contributed by atoms with E-state index in [9.17, 15) is 8.42 Å². The highest BCUT2D eigenvalue weighted by atomic mass is 32.2. The van der Waals surface area contributed by atoms with E-state index in [4.69, 9.17) is 0 Å². The first-order valence-electron chi connectivity index (χ1n) is 8.07. The third kappa shape index (κ3) is 2.90. The molecule has 0 spiro atoms. The van der Waals surface area contributed by atoms with Gasteiger partial charge in [0, 0.05) is 31.2 Å². The van der Waals surface area contributed by atoms with Gasteiger partial charge >= 0.3 is 0 Å². The van der Waals surface area contributed by atoms with Crippen molar-refractivity contribution < 1.29 is 8.42 Å². The molecule has 0 unspecified atom stereocenters. The Morgan fingerprint density at radius 1 is 0.704 bits per heavy atom. The molecule has 0 fully saturated rings. The summed E-state index contributed by atoms with van der Waals surface area (Å²) in [6.45, 7) is 0. The molecule has 0 bridgehead atoms.